The van der Waals surface area contributed by atoms with Crippen LogP contribution in [0.4, 0.5) is 11.4 Å². The number of hydrogen-bond donors (Lipinski definition) is 3. The van der Waals surface area contributed by atoms with Crippen LogP contribution in [0.5, 0.6) is 0 Å². The van der Waals surface area contributed by atoms with Crippen LogP contribution in [0, 0.1) is 0 Å². The monoisotopic (exact) mass is 256 g/mol. The van der Waals surface area contributed by atoms with Gasteiger partial charge in [-0.3, -0.25) is 4.79 Å². The summed E-state index contributed by atoms with van der Waals surface area (Å²) in [4.78, 5) is 12.2. The van der Waals surface area contributed by atoms with Crippen LogP contribution in [0.3, 0.4) is 0 Å². The van der Waals surface area contributed by atoms with Crippen molar-refractivity contribution in [2.75, 3.05) is 17.7 Å². The van der Waals surface area contributed by atoms with Crippen molar-refractivity contribution in [3.05, 3.63) is 59.7 Å². The summed E-state index contributed by atoms with van der Waals surface area (Å²) in [6.45, 7) is -0.107. The Hall–Kier alpha value is -2.33. The molecule has 0 heterocycles. The Balaban J connectivity index is 2.26. The summed E-state index contributed by atoms with van der Waals surface area (Å²) in [6.07, 6.45) is 0. The Labute approximate surface area is 112 Å². The Morgan fingerprint density at radius 3 is 2.37 bits per heavy atom. The van der Waals surface area contributed by atoms with Gasteiger partial charge < -0.3 is 15.7 Å². The van der Waals surface area contributed by atoms with Crippen molar-refractivity contribution in [1.82, 2.24) is 0 Å². The molecule has 19 heavy (non-hydrogen) atoms. The Morgan fingerprint density at radius 2 is 1.68 bits per heavy atom. The minimum atomic E-state index is -0.203. The first kappa shape index (κ1) is 13.1. The number of aliphatic hydroxyl groups excluding tert-OH is 1. The molecular weight excluding hydrogens is 240 g/mol. The topological polar surface area (TPSA) is 61.4 Å². The molecule has 0 saturated heterocycles. The molecule has 0 radical (unpaired) electrons. The summed E-state index contributed by atoms with van der Waals surface area (Å²) in [7, 11) is 1.77. The lowest BCUT2D eigenvalue weighted by molar-refractivity contribution is 0.102. The molecule has 98 valence electrons. The number of anilines is 2. The van der Waals surface area contributed by atoms with Crippen molar-refractivity contribution in [2.45, 2.75) is 6.61 Å². The minimum absolute atomic E-state index is 0.107. The molecule has 2 aromatic carbocycles. The van der Waals surface area contributed by atoms with Gasteiger partial charge in [-0.1, -0.05) is 30.3 Å². The van der Waals surface area contributed by atoms with Crippen LogP contribution in [0.1, 0.15) is 15.9 Å². The van der Waals surface area contributed by atoms with Gasteiger partial charge in [-0.15, -0.1) is 0 Å². The van der Waals surface area contributed by atoms with Crippen molar-refractivity contribution in [3.63, 3.8) is 0 Å². The molecule has 0 fully saturated rings. The molecular formula is C15H16N2O2. The molecule has 2 rings (SSSR count). The maximum atomic E-state index is 12.2. The van der Waals surface area contributed by atoms with Gasteiger partial charge >= 0.3 is 0 Å². The number of aliphatic hydroxyl groups is 1. The van der Waals surface area contributed by atoms with E-state index in [1.54, 1.807) is 25.2 Å². The highest BCUT2D eigenvalue weighted by molar-refractivity contribution is 6.08. The van der Waals surface area contributed by atoms with Gasteiger partial charge in [-0.05, 0) is 18.2 Å². The van der Waals surface area contributed by atoms with E-state index in [9.17, 15) is 9.90 Å². The molecule has 2 aromatic rings. The quantitative estimate of drug-likeness (QED) is 0.787. The molecule has 0 spiro atoms. The summed E-state index contributed by atoms with van der Waals surface area (Å²) < 4.78 is 0. The van der Waals surface area contributed by atoms with Gasteiger partial charge in [-0.25, -0.2) is 0 Å². The predicted molar refractivity (Wildman–Crippen MR) is 76.3 cm³/mol. The lowest BCUT2D eigenvalue weighted by Gasteiger charge is -2.11. The summed E-state index contributed by atoms with van der Waals surface area (Å²) >= 11 is 0. The van der Waals surface area contributed by atoms with Gasteiger partial charge in [0, 0.05) is 24.0 Å². The highest BCUT2D eigenvalue weighted by atomic mass is 16.3. The second-order valence-electron chi connectivity index (χ2n) is 4.06. The van der Waals surface area contributed by atoms with Crippen LogP contribution in [0.25, 0.3) is 0 Å². The van der Waals surface area contributed by atoms with Crippen molar-refractivity contribution >= 4 is 17.3 Å². The van der Waals surface area contributed by atoms with E-state index >= 15 is 0 Å². The average molecular weight is 256 g/mol. The standard InChI is InChI=1S/C15H16N2O2/c1-16-14-9-5-3-7-12(14)15(19)17-13-8-4-2-6-11(13)10-18/h2-9,16,18H,10H2,1H3,(H,17,19). The van der Waals surface area contributed by atoms with E-state index in [1.165, 1.54) is 0 Å². The highest BCUT2D eigenvalue weighted by Gasteiger charge is 2.11. The number of hydrogen-bond acceptors (Lipinski definition) is 3. The number of para-hydroxylation sites is 2. The SMILES string of the molecule is CNc1ccccc1C(=O)Nc1ccccc1CO. The third kappa shape index (κ3) is 2.92. The van der Waals surface area contributed by atoms with Crippen LogP contribution in [-0.4, -0.2) is 18.1 Å². The molecule has 0 aliphatic heterocycles. The third-order valence-corrected chi connectivity index (χ3v) is 2.88. The van der Waals surface area contributed by atoms with Crippen molar-refractivity contribution < 1.29 is 9.90 Å². The fourth-order valence-corrected chi connectivity index (χ4v) is 1.87. The Bertz CT molecular complexity index is 582. The fraction of sp³-hybridized carbons (Fsp3) is 0.133. The molecule has 0 saturated carbocycles. The van der Waals surface area contributed by atoms with Gasteiger partial charge in [0.2, 0.25) is 0 Å². The average Bonchev–Trinajstić information content (AvgIpc) is 2.47. The molecule has 1 amide bonds. The van der Waals surface area contributed by atoms with E-state index in [0.717, 1.165) is 5.69 Å². The first-order valence-corrected chi connectivity index (χ1v) is 6.03. The van der Waals surface area contributed by atoms with Gasteiger partial charge in [0.15, 0.2) is 0 Å². The Morgan fingerprint density at radius 1 is 1.05 bits per heavy atom. The lowest BCUT2D eigenvalue weighted by Crippen LogP contribution is -2.15. The van der Waals surface area contributed by atoms with E-state index in [-0.39, 0.29) is 12.5 Å². The van der Waals surface area contributed by atoms with Crippen LogP contribution in [0.2, 0.25) is 0 Å². The maximum Gasteiger partial charge on any atom is 0.257 e. The number of benzene rings is 2. The van der Waals surface area contributed by atoms with E-state index in [0.29, 0.717) is 16.8 Å². The van der Waals surface area contributed by atoms with Crippen LogP contribution in [0.15, 0.2) is 48.5 Å². The first-order chi connectivity index (χ1) is 9.26. The van der Waals surface area contributed by atoms with E-state index in [2.05, 4.69) is 10.6 Å². The molecule has 0 aromatic heterocycles. The molecule has 0 aliphatic carbocycles. The first-order valence-electron chi connectivity index (χ1n) is 6.03. The molecule has 0 bridgehead atoms. The number of rotatable bonds is 4. The van der Waals surface area contributed by atoms with Crippen molar-refractivity contribution in [3.8, 4) is 0 Å². The van der Waals surface area contributed by atoms with Gasteiger partial charge in [0.1, 0.15) is 0 Å². The zero-order valence-electron chi connectivity index (χ0n) is 10.7. The second-order valence-corrected chi connectivity index (χ2v) is 4.06. The van der Waals surface area contributed by atoms with Crippen molar-refractivity contribution in [2.24, 2.45) is 0 Å². The summed E-state index contributed by atoms with van der Waals surface area (Å²) in [5, 5.41) is 15.0. The molecule has 4 heteroatoms. The summed E-state index contributed by atoms with van der Waals surface area (Å²) in [6, 6.07) is 14.5. The highest BCUT2D eigenvalue weighted by Crippen LogP contribution is 2.19. The number of nitrogens with one attached hydrogen (secondary N) is 2. The smallest absolute Gasteiger partial charge is 0.257 e. The van der Waals surface area contributed by atoms with Gasteiger partial charge in [-0.2, -0.15) is 0 Å². The molecule has 0 atom stereocenters. The summed E-state index contributed by atoms with van der Waals surface area (Å²) in [5.41, 5.74) is 2.65. The normalized spacial score (nSPS) is 10.0. The molecule has 0 unspecified atom stereocenters. The van der Waals surface area contributed by atoms with Gasteiger partial charge in [0.05, 0.1) is 12.2 Å². The Kier molecular flexibility index (Phi) is 4.15. The zero-order valence-corrected chi connectivity index (χ0v) is 10.7. The van der Waals surface area contributed by atoms with Gasteiger partial charge in [0.25, 0.3) is 5.91 Å². The summed E-state index contributed by atoms with van der Waals surface area (Å²) in [5.74, 6) is -0.203. The number of carbonyl (C=O) groups is 1. The van der Waals surface area contributed by atoms with E-state index in [4.69, 9.17) is 0 Å². The van der Waals surface area contributed by atoms with Crippen LogP contribution < -0.4 is 10.6 Å². The fourth-order valence-electron chi connectivity index (χ4n) is 1.87. The van der Waals surface area contributed by atoms with Crippen LogP contribution >= 0.6 is 0 Å². The lowest BCUT2D eigenvalue weighted by atomic mass is 10.1. The van der Waals surface area contributed by atoms with E-state index < -0.39 is 0 Å². The predicted octanol–water partition coefficient (Wildman–Crippen LogP) is 2.47. The zero-order chi connectivity index (χ0) is 13.7. The number of amides is 1. The van der Waals surface area contributed by atoms with E-state index in [1.807, 2.05) is 30.3 Å². The second kappa shape index (κ2) is 6.02. The minimum Gasteiger partial charge on any atom is -0.392 e. The van der Waals surface area contributed by atoms with Crippen molar-refractivity contribution in [1.29, 1.82) is 0 Å². The maximum absolute atomic E-state index is 12.2. The number of carbonyl (C=O) groups excluding carboxylic acids is 1. The molecule has 3 N–H and O–H groups in total. The third-order valence-electron chi connectivity index (χ3n) is 2.88. The largest absolute Gasteiger partial charge is 0.392 e. The molecule has 4 nitrogen and oxygen atoms in total. The van der Waals surface area contributed by atoms with Crippen LogP contribution in [-0.2, 0) is 6.61 Å². The molecule has 0 aliphatic rings.